The number of hydrogen-bond acceptors (Lipinski definition) is 6. The SMILES string of the molecule is CCn1nc(N2CCN(c3nc4c(cc3C#N)CCC4)CC2)ccc1=O. The first-order valence-electron chi connectivity index (χ1n) is 9.20. The molecule has 0 spiro atoms. The van der Waals surface area contributed by atoms with Gasteiger partial charge in [-0.25, -0.2) is 9.67 Å². The Kier molecular flexibility index (Phi) is 4.33. The summed E-state index contributed by atoms with van der Waals surface area (Å²) in [5.74, 6) is 1.65. The average Bonchev–Trinajstić information content (AvgIpc) is 3.15. The molecule has 0 N–H and O–H groups in total. The van der Waals surface area contributed by atoms with Crippen molar-refractivity contribution in [3.63, 3.8) is 0 Å². The highest BCUT2D eigenvalue weighted by atomic mass is 16.1. The highest BCUT2D eigenvalue weighted by Crippen LogP contribution is 2.28. The van der Waals surface area contributed by atoms with Crippen molar-refractivity contribution in [2.45, 2.75) is 32.7 Å². The van der Waals surface area contributed by atoms with Gasteiger partial charge in [-0.05, 0) is 43.9 Å². The van der Waals surface area contributed by atoms with Crippen LogP contribution < -0.4 is 15.4 Å². The van der Waals surface area contributed by atoms with Crippen molar-refractivity contribution in [2.24, 2.45) is 0 Å². The van der Waals surface area contributed by atoms with Gasteiger partial charge in [-0.15, -0.1) is 0 Å². The predicted molar refractivity (Wildman–Crippen MR) is 99.6 cm³/mol. The third-order valence-electron chi connectivity index (χ3n) is 5.21. The van der Waals surface area contributed by atoms with Crippen LogP contribution in [0.1, 0.15) is 30.2 Å². The van der Waals surface area contributed by atoms with E-state index in [1.54, 1.807) is 12.1 Å². The molecule has 2 aromatic rings. The molecule has 1 aliphatic heterocycles. The lowest BCUT2D eigenvalue weighted by molar-refractivity contribution is 0.587. The molecule has 0 bridgehead atoms. The van der Waals surface area contributed by atoms with E-state index in [1.165, 1.54) is 10.2 Å². The van der Waals surface area contributed by atoms with Gasteiger partial charge in [-0.2, -0.15) is 10.4 Å². The van der Waals surface area contributed by atoms with Gasteiger partial charge in [0.05, 0.1) is 5.56 Å². The monoisotopic (exact) mass is 350 g/mol. The zero-order valence-electron chi connectivity index (χ0n) is 15.0. The molecular formula is C19H22N6O. The number of rotatable bonds is 3. The molecule has 0 amide bonds. The Hall–Kier alpha value is -2.88. The van der Waals surface area contributed by atoms with Crippen molar-refractivity contribution in [2.75, 3.05) is 36.0 Å². The maximum absolute atomic E-state index is 11.7. The van der Waals surface area contributed by atoms with E-state index >= 15 is 0 Å². The number of fused-ring (bicyclic) bond motifs is 1. The molecule has 0 saturated carbocycles. The number of nitrogens with zero attached hydrogens (tertiary/aromatic N) is 6. The zero-order valence-corrected chi connectivity index (χ0v) is 15.0. The summed E-state index contributed by atoms with van der Waals surface area (Å²) in [6.45, 7) is 5.63. The topological polar surface area (TPSA) is 78.1 Å². The zero-order chi connectivity index (χ0) is 18.1. The standard InChI is InChI=1S/C19H22N6O/c1-2-25-18(26)7-6-17(22-25)23-8-10-24(11-9-23)19-15(13-20)12-14-4-3-5-16(14)21-19/h6-7,12H,2-5,8-11H2,1H3. The van der Waals surface area contributed by atoms with Gasteiger partial charge >= 0.3 is 0 Å². The Morgan fingerprint density at radius 1 is 1.15 bits per heavy atom. The van der Waals surface area contributed by atoms with Gasteiger partial charge in [-0.1, -0.05) is 0 Å². The van der Waals surface area contributed by atoms with Crippen molar-refractivity contribution < 1.29 is 0 Å². The smallest absolute Gasteiger partial charge is 0.266 e. The van der Waals surface area contributed by atoms with Crippen molar-refractivity contribution in [1.82, 2.24) is 14.8 Å². The van der Waals surface area contributed by atoms with Gasteiger partial charge in [-0.3, -0.25) is 4.79 Å². The highest BCUT2D eigenvalue weighted by Gasteiger charge is 2.24. The highest BCUT2D eigenvalue weighted by molar-refractivity contribution is 5.58. The molecule has 3 heterocycles. The van der Waals surface area contributed by atoms with Gasteiger partial charge in [0.25, 0.3) is 5.56 Å². The van der Waals surface area contributed by atoms with E-state index in [2.05, 4.69) is 21.0 Å². The molecule has 7 nitrogen and oxygen atoms in total. The molecule has 4 rings (SSSR count). The lowest BCUT2D eigenvalue weighted by Gasteiger charge is -2.36. The van der Waals surface area contributed by atoms with E-state index < -0.39 is 0 Å². The van der Waals surface area contributed by atoms with Crippen LogP contribution in [0, 0.1) is 11.3 Å². The van der Waals surface area contributed by atoms with Gasteiger partial charge < -0.3 is 9.80 Å². The Morgan fingerprint density at radius 2 is 1.92 bits per heavy atom. The van der Waals surface area contributed by atoms with Crippen molar-refractivity contribution in [1.29, 1.82) is 5.26 Å². The summed E-state index contributed by atoms with van der Waals surface area (Å²) in [7, 11) is 0. The summed E-state index contributed by atoms with van der Waals surface area (Å²) in [6.07, 6.45) is 3.17. The summed E-state index contributed by atoms with van der Waals surface area (Å²) in [4.78, 5) is 20.9. The molecule has 1 saturated heterocycles. The quantitative estimate of drug-likeness (QED) is 0.831. The summed E-state index contributed by atoms with van der Waals surface area (Å²) in [5, 5.41) is 14.0. The Bertz CT molecular complexity index is 921. The first kappa shape index (κ1) is 16.6. The molecule has 2 aromatic heterocycles. The van der Waals surface area contributed by atoms with E-state index in [1.807, 2.05) is 13.0 Å². The van der Waals surface area contributed by atoms with Gasteiger partial charge in [0, 0.05) is 44.5 Å². The fraction of sp³-hybridized carbons (Fsp3) is 0.474. The molecule has 0 unspecified atom stereocenters. The number of nitriles is 1. The molecule has 7 heteroatoms. The maximum Gasteiger partial charge on any atom is 0.266 e. The lowest BCUT2D eigenvalue weighted by Crippen LogP contribution is -2.47. The van der Waals surface area contributed by atoms with Crippen molar-refractivity contribution in [3.8, 4) is 6.07 Å². The molecular weight excluding hydrogens is 328 g/mol. The minimum Gasteiger partial charge on any atom is -0.352 e. The van der Waals surface area contributed by atoms with Crippen LogP contribution in [-0.4, -0.2) is 40.9 Å². The minimum absolute atomic E-state index is 0.0733. The molecule has 0 atom stereocenters. The third kappa shape index (κ3) is 2.92. The van der Waals surface area contributed by atoms with Crippen LogP contribution in [0.3, 0.4) is 0 Å². The van der Waals surface area contributed by atoms with Crippen LogP contribution >= 0.6 is 0 Å². The summed E-state index contributed by atoms with van der Waals surface area (Å²) in [5.41, 5.74) is 2.99. The molecule has 2 aliphatic rings. The van der Waals surface area contributed by atoms with Crippen LogP contribution in [0.2, 0.25) is 0 Å². The number of aromatic nitrogens is 3. The van der Waals surface area contributed by atoms with E-state index in [4.69, 9.17) is 4.98 Å². The van der Waals surface area contributed by atoms with Gasteiger partial charge in [0.2, 0.25) is 0 Å². The molecule has 0 aromatic carbocycles. The van der Waals surface area contributed by atoms with Gasteiger partial charge in [0.1, 0.15) is 17.7 Å². The molecule has 1 fully saturated rings. The molecule has 0 radical (unpaired) electrons. The minimum atomic E-state index is -0.0733. The van der Waals surface area contributed by atoms with Crippen LogP contribution in [0.25, 0.3) is 0 Å². The summed E-state index contributed by atoms with van der Waals surface area (Å²) < 4.78 is 1.48. The molecule has 1 aliphatic carbocycles. The Labute approximate surface area is 152 Å². The van der Waals surface area contributed by atoms with Crippen LogP contribution in [-0.2, 0) is 19.4 Å². The Balaban J connectivity index is 1.52. The second-order valence-electron chi connectivity index (χ2n) is 6.75. The fourth-order valence-corrected chi connectivity index (χ4v) is 3.77. The second kappa shape index (κ2) is 6.79. The van der Waals surface area contributed by atoms with Gasteiger partial charge in [0.15, 0.2) is 0 Å². The van der Waals surface area contributed by atoms with E-state index in [-0.39, 0.29) is 5.56 Å². The van der Waals surface area contributed by atoms with Crippen molar-refractivity contribution in [3.05, 3.63) is 45.4 Å². The molecule has 134 valence electrons. The van der Waals surface area contributed by atoms with Crippen molar-refractivity contribution >= 4 is 11.6 Å². The summed E-state index contributed by atoms with van der Waals surface area (Å²) in [6, 6.07) is 7.71. The normalized spacial score (nSPS) is 16.5. The average molecular weight is 350 g/mol. The third-order valence-corrected chi connectivity index (χ3v) is 5.21. The first-order valence-corrected chi connectivity index (χ1v) is 9.20. The Morgan fingerprint density at radius 3 is 2.65 bits per heavy atom. The second-order valence-corrected chi connectivity index (χ2v) is 6.75. The largest absolute Gasteiger partial charge is 0.352 e. The van der Waals surface area contributed by atoms with E-state index in [0.29, 0.717) is 12.1 Å². The maximum atomic E-state index is 11.7. The number of piperazine rings is 1. The van der Waals surface area contributed by atoms with Crippen LogP contribution in [0.4, 0.5) is 11.6 Å². The fourth-order valence-electron chi connectivity index (χ4n) is 3.77. The first-order chi connectivity index (χ1) is 12.7. The van der Waals surface area contributed by atoms with Crippen LogP contribution in [0.15, 0.2) is 23.0 Å². The number of hydrogen-bond donors (Lipinski definition) is 0. The van der Waals surface area contributed by atoms with Crippen LogP contribution in [0.5, 0.6) is 0 Å². The number of anilines is 2. The van der Waals surface area contributed by atoms with E-state index in [9.17, 15) is 10.1 Å². The number of pyridine rings is 1. The predicted octanol–water partition coefficient (Wildman–Crippen LogP) is 1.35. The summed E-state index contributed by atoms with van der Waals surface area (Å²) >= 11 is 0. The van der Waals surface area contributed by atoms with E-state index in [0.717, 1.165) is 62.8 Å². The number of aryl methyl sites for hydroxylation is 3. The molecule has 26 heavy (non-hydrogen) atoms. The lowest BCUT2D eigenvalue weighted by atomic mass is 10.1.